The van der Waals surface area contributed by atoms with E-state index in [0.29, 0.717) is 30.5 Å². The number of nitrogens with zero attached hydrogens (tertiary/aromatic N) is 4. The van der Waals surface area contributed by atoms with Crippen LogP contribution in [0.15, 0.2) is 47.1 Å². The van der Waals surface area contributed by atoms with Gasteiger partial charge < -0.3 is 14.8 Å². The van der Waals surface area contributed by atoms with E-state index >= 15 is 0 Å². The Morgan fingerprint density at radius 3 is 2.89 bits per heavy atom. The fraction of sp³-hybridized carbons (Fsp3) is 0.222. The van der Waals surface area contributed by atoms with Gasteiger partial charge in [-0.2, -0.15) is 0 Å². The summed E-state index contributed by atoms with van der Waals surface area (Å²) in [6, 6.07) is 11.0. The molecule has 3 aromatic rings. The summed E-state index contributed by atoms with van der Waals surface area (Å²) < 4.78 is 13.0. The molecule has 0 spiro atoms. The summed E-state index contributed by atoms with van der Waals surface area (Å²) in [7, 11) is 1.59. The van der Waals surface area contributed by atoms with Gasteiger partial charge >= 0.3 is 0 Å². The number of amides is 1. The Balaban J connectivity index is 1.80. The summed E-state index contributed by atoms with van der Waals surface area (Å²) in [5, 5.41) is 10.9. The summed E-state index contributed by atoms with van der Waals surface area (Å²) in [6.45, 7) is 2.54. The van der Waals surface area contributed by atoms with Crippen LogP contribution in [0.1, 0.15) is 16.2 Å². The smallest absolute Gasteiger partial charge is 0.278 e. The van der Waals surface area contributed by atoms with Crippen LogP contribution >= 0.6 is 15.9 Å². The van der Waals surface area contributed by atoms with Gasteiger partial charge in [0.2, 0.25) is 5.88 Å². The van der Waals surface area contributed by atoms with E-state index in [9.17, 15) is 4.79 Å². The maximum Gasteiger partial charge on any atom is 0.278 e. The van der Waals surface area contributed by atoms with Gasteiger partial charge in [-0.15, -0.1) is 5.10 Å². The van der Waals surface area contributed by atoms with Gasteiger partial charge in [0.1, 0.15) is 12.3 Å². The molecular weight excluding hydrogens is 414 g/mol. The minimum absolute atomic E-state index is 0.224. The Morgan fingerprint density at radius 2 is 2.11 bits per heavy atom. The fourth-order valence-electron chi connectivity index (χ4n) is 2.40. The zero-order valence-electron chi connectivity index (χ0n) is 14.8. The number of rotatable bonds is 7. The van der Waals surface area contributed by atoms with Crippen LogP contribution in [0.4, 0.5) is 5.69 Å². The molecule has 27 heavy (non-hydrogen) atoms. The predicted molar refractivity (Wildman–Crippen MR) is 103 cm³/mol. The van der Waals surface area contributed by atoms with Gasteiger partial charge in [-0.25, -0.2) is 9.67 Å². The quantitative estimate of drug-likeness (QED) is 0.578. The minimum Gasteiger partial charge on any atom is -0.474 e. The van der Waals surface area contributed by atoms with Gasteiger partial charge in [-0.3, -0.25) is 4.79 Å². The van der Waals surface area contributed by atoms with Crippen LogP contribution in [-0.2, 0) is 4.74 Å². The van der Waals surface area contributed by atoms with E-state index in [1.54, 1.807) is 37.0 Å². The number of nitrogens with one attached hydrogen (secondary N) is 1. The molecular formula is C18H18BrN5O3. The number of aromatic nitrogens is 4. The van der Waals surface area contributed by atoms with E-state index in [-0.39, 0.29) is 5.69 Å². The molecule has 3 rings (SSSR count). The van der Waals surface area contributed by atoms with Crippen molar-refractivity contribution in [3.63, 3.8) is 0 Å². The van der Waals surface area contributed by atoms with Crippen molar-refractivity contribution >= 4 is 27.5 Å². The molecule has 1 amide bonds. The van der Waals surface area contributed by atoms with E-state index in [4.69, 9.17) is 9.47 Å². The number of hydrogen-bond donors (Lipinski definition) is 1. The van der Waals surface area contributed by atoms with E-state index in [0.717, 1.165) is 10.2 Å². The maximum atomic E-state index is 12.7. The average molecular weight is 432 g/mol. The van der Waals surface area contributed by atoms with Crippen LogP contribution in [0, 0.1) is 6.92 Å². The summed E-state index contributed by atoms with van der Waals surface area (Å²) in [5.41, 5.74) is 2.10. The molecule has 0 fully saturated rings. The minimum atomic E-state index is -0.390. The summed E-state index contributed by atoms with van der Waals surface area (Å²) in [5.74, 6) is -0.0710. The predicted octanol–water partition coefficient (Wildman–Crippen LogP) is 3.01. The molecule has 0 atom stereocenters. The second-order valence-electron chi connectivity index (χ2n) is 5.57. The van der Waals surface area contributed by atoms with E-state index in [1.165, 1.54) is 0 Å². The Kier molecular flexibility index (Phi) is 6.15. The molecule has 140 valence electrons. The standard InChI is InChI=1S/C18H18BrN5O3/c1-12-16(22-23-24(12)14-6-3-5-13(19)11-14)17(25)21-15-7-4-8-20-18(15)27-10-9-26-2/h3-8,11H,9-10H2,1-2H3,(H,21,25). The van der Waals surface area contributed by atoms with Crippen LogP contribution < -0.4 is 10.1 Å². The molecule has 0 aliphatic heterocycles. The molecule has 0 saturated heterocycles. The number of carbonyl (C=O) groups excluding carboxylic acids is 1. The van der Waals surface area contributed by atoms with Crippen molar-refractivity contribution in [1.82, 2.24) is 20.0 Å². The van der Waals surface area contributed by atoms with Crippen LogP contribution in [0.3, 0.4) is 0 Å². The van der Waals surface area contributed by atoms with Crippen molar-refractivity contribution < 1.29 is 14.3 Å². The molecule has 0 aliphatic carbocycles. The van der Waals surface area contributed by atoms with Crippen molar-refractivity contribution in [3.8, 4) is 11.6 Å². The fourth-order valence-corrected chi connectivity index (χ4v) is 2.78. The lowest BCUT2D eigenvalue weighted by Gasteiger charge is -2.10. The third-order valence-corrected chi connectivity index (χ3v) is 4.20. The van der Waals surface area contributed by atoms with Crippen LogP contribution in [0.2, 0.25) is 0 Å². The number of benzene rings is 1. The highest BCUT2D eigenvalue weighted by atomic mass is 79.9. The highest BCUT2D eigenvalue weighted by Gasteiger charge is 2.19. The number of ether oxygens (including phenoxy) is 2. The third-order valence-electron chi connectivity index (χ3n) is 3.71. The highest BCUT2D eigenvalue weighted by Crippen LogP contribution is 2.22. The van der Waals surface area contributed by atoms with Crippen molar-refractivity contribution in [3.05, 3.63) is 58.5 Å². The summed E-state index contributed by atoms with van der Waals surface area (Å²) >= 11 is 3.43. The Bertz CT molecular complexity index is 944. The van der Waals surface area contributed by atoms with Crippen LogP contribution in [0.5, 0.6) is 5.88 Å². The number of halogens is 1. The second-order valence-corrected chi connectivity index (χ2v) is 6.48. The van der Waals surface area contributed by atoms with Gasteiger partial charge in [0.05, 0.1) is 18.0 Å². The molecule has 9 heteroatoms. The Labute approximate surface area is 164 Å². The van der Waals surface area contributed by atoms with Crippen molar-refractivity contribution in [2.24, 2.45) is 0 Å². The van der Waals surface area contributed by atoms with Crippen molar-refractivity contribution in [2.75, 3.05) is 25.6 Å². The van der Waals surface area contributed by atoms with E-state index in [2.05, 4.69) is 36.5 Å². The highest BCUT2D eigenvalue weighted by molar-refractivity contribution is 9.10. The zero-order valence-corrected chi connectivity index (χ0v) is 16.4. The van der Waals surface area contributed by atoms with E-state index in [1.807, 2.05) is 24.3 Å². The number of methoxy groups -OCH3 is 1. The largest absolute Gasteiger partial charge is 0.474 e. The Morgan fingerprint density at radius 1 is 1.26 bits per heavy atom. The molecule has 2 aromatic heterocycles. The van der Waals surface area contributed by atoms with Gasteiger partial charge in [-0.05, 0) is 37.3 Å². The third kappa shape index (κ3) is 4.50. The van der Waals surface area contributed by atoms with Crippen molar-refractivity contribution in [2.45, 2.75) is 6.92 Å². The SMILES string of the molecule is COCCOc1ncccc1NC(=O)c1nnn(-c2cccc(Br)c2)c1C. The van der Waals surface area contributed by atoms with Crippen molar-refractivity contribution in [1.29, 1.82) is 0 Å². The topological polar surface area (TPSA) is 91.2 Å². The maximum absolute atomic E-state index is 12.7. The lowest BCUT2D eigenvalue weighted by Crippen LogP contribution is -2.16. The normalized spacial score (nSPS) is 10.6. The zero-order chi connectivity index (χ0) is 19.2. The Hall–Kier alpha value is -2.78. The molecule has 0 aliphatic rings. The van der Waals surface area contributed by atoms with Crippen LogP contribution in [-0.4, -0.2) is 46.2 Å². The molecule has 2 heterocycles. The number of hydrogen-bond acceptors (Lipinski definition) is 6. The summed E-state index contributed by atoms with van der Waals surface area (Å²) in [4.78, 5) is 16.8. The van der Waals surface area contributed by atoms with Gasteiger partial charge in [0.25, 0.3) is 5.91 Å². The number of carbonyl (C=O) groups is 1. The lowest BCUT2D eigenvalue weighted by molar-refractivity contribution is 0.102. The molecule has 0 unspecified atom stereocenters. The average Bonchev–Trinajstić information content (AvgIpc) is 3.05. The first kappa shape index (κ1) is 19.0. The number of anilines is 1. The van der Waals surface area contributed by atoms with E-state index < -0.39 is 5.91 Å². The first-order valence-electron chi connectivity index (χ1n) is 8.16. The van der Waals surface area contributed by atoms with Gasteiger partial charge in [-0.1, -0.05) is 27.2 Å². The van der Waals surface area contributed by atoms with Gasteiger partial charge in [0.15, 0.2) is 5.69 Å². The summed E-state index contributed by atoms with van der Waals surface area (Å²) in [6.07, 6.45) is 1.59. The molecule has 0 bridgehead atoms. The first-order valence-corrected chi connectivity index (χ1v) is 8.96. The van der Waals surface area contributed by atoms with Crippen LogP contribution in [0.25, 0.3) is 5.69 Å². The monoisotopic (exact) mass is 431 g/mol. The molecule has 8 nitrogen and oxygen atoms in total. The molecule has 0 radical (unpaired) electrons. The molecule has 1 N–H and O–H groups in total. The first-order chi connectivity index (χ1) is 13.1. The lowest BCUT2D eigenvalue weighted by atomic mass is 10.2. The number of pyridine rings is 1. The second kappa shape index (κ2) is 8.74. The molecule has 1 aromatic carbocycles. The molecule has 0 saturated carbocycles. The van der Waals surface area contributed by atoms with Gasteiger partial charge in [0, 0.05) is 17.8 Å².